The van der Waals surface area contributed by atoms with Crippen LogP contribution in [0.4, 0.5) is 17.6 Å². The van der Waals surface area contributed by atoms with E-state index < -0.39 is 0 Å². The largest absolute Gasteiger partial charge is 0.495 e. The maximum atomic E-state index is 5.86. The minimum atomic E-state index is 0.183. The van der Waals surface area contributed by atoms with Crippen molar-refractivity contribution in [1.29, 1.82) is 0 Å². The van der Waals surface area contributed by atoms with E-state index in [1.54, 1.807) is 30.2 Å². The molecule has 0 saturated heterocycles. The lowest BCUT2D eigenvalue weighted by Gasteiger charge is -2.10. The van der Waals surface area contributed by atoms with Crippen molar-refractivity contribution in [3.63, 3.8) is 0 Å². The molecule has 0 radical (unpaired) electrons. The Bertz CT molecular complexity index is 1070. The standard InChI is InChI=1S/C19H18N6OS2/c1-26-14-8-4-2-6-12(14)22-19-24-16(23-18(20)25-19)10-27-11-17-21-13-7-3-5-9-15(13)28-17/h2-9H,10-11H2,1H3,(H3,20,22,23,24,25). The number of nitrogens with zero attached hydrogens (tertiary/aromatic N) is 4. The zero-order chi connectivity index (χ0) is 19.3. The van der Waals surface area contributed by atoms with Crippen molar-refractivity contribution in [3.8, 4) is 5.75 Å². The molecule has 142 valence electrons. The number of ether oxygens (including phenoxy) is 1. The van der Waals surface area contributed by atoms with E-state index in [0.717, 1.165) is 22.0 Å². The molecule has 0 aliphatic heterocycles. The minimum absolute atomic E-state index is 0.183. The highest BCUT2D eigenvalue weighted by molar-refractivity contribution is 7.97. The summed E-state index contributed by atoms with van der Waals surface area (Å²) in [7, 11) is 1.62. The van der Waals surface area contributed by atoms with Gasteiger partial charge < -0.3 is 15.8 Å². The number of thioether (sulfide) groups is 1. The van der Waals surface area contributed by atoms with Crippen LogP contribution in [0.2, 0.25) is 0 Å². The van der Waals surface area contributed by atoms with Crippen LogP contribution in [0.3, 0.4) is 0 Å². The second kappa shape index (κ2) is 8.41. The summed E-state index contributed by atoms with van der Waals surface area (Å²) in [5.41, 5.74) is 7.67. The van der Waals surface area contributed by atoms with Gasteiger partial charge in [0.15, 0.2) is 0 Å². The maximum absolute atomic E-state index is 5.86. The van der Waals surface area contributed by atoms with Gasteiger partial charge in [0.25, 0.3) is 0 Å². The van der Waals surface area contributed by atoms with Crippen LogP contribution < -0.4 is 15.8 Å². The predicted octanol–water partition coefficient (Wildman–Crippen LogP) is 4.25. The van der Waals surface area contributed by atoms with Gasteiger partial charge in [-0.1, -0.05) is 24.3 Å². The number of nitrogens with one attached hydrogen (secondary N) is 1. The molecule has 4 aromatic rings. The fourth-order valence-corrected chi connectivity index (χ4v) is 4.54. The first-order valence-corrected chi connectivity index (χ1v) is 10.5. The zero-order valence-electron chi connectivity index (χ0n) is 15.1. The molecule has 0 fully saturated rings. The number of fused-ring (bicyclic) bond motifs is 1. The second-order valence-corrected chi connectivity index (χ2v) is 7.93. The van der Waals surface area contributed by atoms with Gasteiger partial charge in [0.05, 0.1) is 28.8 Å². The third kappa shape index (κ3) is 4.32. The lowest BCUT2D eigenvalue weighted by Crippen LogP contribution is -2.07. The van der Waals surface area contributed by atoms with Gasteiger partial charge in [0.1, 0.15) is 16.6 Å². The Morgan fingerprint density at radius 2 is 1.82 bits per heavy atom. The van der Waals surface area contributed by atoms with E-state index >= 15 is 0 Å². The van der Waals surface area contributed by atoms with Crippen molar-refractivity contribution in [2.45, 2.75) is 11.5 Å². The number of hydrogen-bond acceptors (Lipinski definition) is 9. The Morgan fingerprint density at radius 1 is 1.00 bits per heavy atom. The zero-order valence-corrected chi connectivity index (χ0v) is 16.8. The molecule has 0 atom stereocenters. The molecule has 0 spiro atoms. The smallest absolute Gasteiger partial charge is 0.232 e. The van der Waals surface area contributed by atoms with Crippen LogP contribution in [0.15, 0.2) is 48.5 Å². The lowest BCUT2D eigenvalue weighted by atomic mass is 10.3. The monoisotopic (exact) mass is 410 g/mol. The molecule has 28 heavy (non-hydrogen) atoms. The van der Waals surface area contributed by atoms with Crippen LogP contribution in [-0.2, 0) is 11.5 Å². The van der Waals surface area contributed by atoms with Gasteiger partial charge in [-0.25, -0.2) is 4.98 Å². The van der Waals surface area contributed by atoms with Gasteiger partial charge >= 0.3 is 0 Å². The number of nitrogens with two attached hydrogens (primary N) is 1. The van der Waals surface area contributed by atoms with Gasteiger partial charge in [-0.15, -0.1) is 23.1 Å². The molecule has 7 nitrogen and oxygen atoms in total. The van der Waals surface area contributed by atoms with Crippen molar-refractivity contribution in [1.82, 2.24) is 19.9 Å². The fourth-order valence-electron chi connectivity index (χ4n) is 2.64. The van der Waals surface area contributed by atoms with E-state index in [9.17, 15) is 0 Å². The lowest BCUT2D eigenvalue weighted by molar-refractivity contribution is 0.417. The Balaban J connectivity index is 1.43. The van der Waals surface area contributed by atoms with Crippen molar-refractivity contribution in [2.24, 2.45) is 0 Å². The summed E-state index contributed by atoms with van der Waals surface area (Å²) in [5, 5.41) is 4.23. The summed E-state index contributed by atoms with van der Waals surface area (Å²) < 4.78 is 6.54. The molecular formula is C19H18N6OS2. The molecule has 2 aromatic heterocycles. The third-order valence-corrected chi connectivity index (χ3v) is 6.01. The number of rotatable bonds is 7. The summed E-state index contributed by atoms with van der Waals surface area (Å²) in [6.07, 6.45) is 0. The minimum Gasteiger partial charge on any atom is -0.495 e. The van der Waals surface area contributed by atoms with Crippen LogP contribution in [0, 0.1) is 0 Å². The van der Waals surface area contributed by atoms with E-state index in [4.69, 9.17) is 10.5 Å². The van der Waals surface area contributed by atoms with E-state index in [-0.39, 0.29) is 5.95 Å². The average molecular weight is 411 g/mol. The van der Waals surface area contributed by atoms with Gasteiger partial charge in [-0.3, -0.25) is 0 Å². The second-order valence-electron chi connectivity index (χ2n) is 5.83. The van der Waals surface area contributed by atoms with Crippen molar-refractivity contribution in [3.05, 3.63) is 59.4 Å². The predicted molar refractivity (Wildman–Crippen MR) is 115 cm³/mol. The van der Waals surface area contributed by atoms with Crippen LogP contribution in [0.5, 0.6) is 5.75 Å². The molecule has 0 bridgehead atoms. The first-order chi connectivity index (χ1) is 13.7. The highest BCUT2D eigenvalue weighted by Gasteiger charge is 2.09. The first-order valence-electron chi connectivity index (χ1n) is 8.54. The Labute approximate surface area is 170 Å². The summed E-state index contributed by atoms with van der Waals surface area (Å²) in [4.78, 5) is 17.5. The number of para-hydroxylation sites is 3. The number of methoxy groups -OCH3 is 1. The number of nitrogen functional groups attached to an aromatic ring is 1. The maximum Gasteiger partial charge on any atom is 0.232 e. The Kier molecular flexibility index (Phi) is 5.54. The Hall–Kier alpha value is -2.91. The number of hydrogen-bond donors (Lipinski definition) is 2. The number of anilines is 3. The van der Waals surface area contributed by atoms with Gasteiger partial charge in [0, 0.05) is 5.75 Å². The number of benzene rings is 2. The van der Waals surface area contributed by atoms with E-state index in [1.807, 2.05) is 42.5 Å². The fraction of sp³-hybridized carbons (Fsp3) is 0.158. The summed E-state index contributed by atoms with van der Waals surface area (Å²) >= 11 is 3.40. The molecule has 2 heterocycles. The van der Waals surface area contributed by atoms with Crippen LogP contribution >= 0.6 is 23.1 Å². The molecule has 4 rings (SSSR count). The SMILES string of the molecule is COc1ccccc1Nc1nc(N)nc(CSCc2nc3ccccc3s2)n1. The average Bonchev–Trinajstić information content (AvgIpc) is 3.11. The quantitative estimate of drug-likeness (QED) is 0.466. The van der Waals surface area contributed by atoms with Gasteiger partial charge in [-0.05, 0) is 24.3 Å². The van der Waals surface area contributed by atoms with Crippen molar-refractivity contribution >= 4 is 50.9 Å². The van der Waals surface area contributed by atoms with E-state index in [0.29, 0.717) is 23.3 Å². The highest BCUT2D eigenvalue weighted by atomic mass is 32.2. The molecule has 9 heteroatoms. The molecule has 0 aliphatic rings. The van der Waals surface area contributed by atoms with E-state index in [1.165, 1.54) is 4.70 Å². The first kappa shape index (κ1) is 18.5. The van der Waals surface area contributed by atoms with Crippen molar-refractivity contribution < 1.29 is 4.74 Å². The van der Waals surface area contributed by atoms with Crippen molar-refractivity contribution in [2.75, 3.05) is 18.2 Å². The molecule has 0 aliphatic carbocycles. The third-order valence-electron chi connectivity index (χ3n) is 3.85. The van der Waals surface area contributed by atoms with E-state index in [2.05, 4.69) is 31.3 Å². The van der Waals surface area contributed by atoms with Gasteiger partial charge in [-0.2, -0.15) is 15.0 Å². The van der Waals surface area contributed by atoms with Crippen LogP contribution in [0.1, 0.15) is 10.8 Å². The normalized spacial score (nSPS) is 10.9. The highest BCUT2D eigenvalue weighted by Crippen LogP contribution is 2.27. The number of thiazole rings is 1. The molecule has 3 N–H and O–H groups in total. The molecule has 2 aromatic carbocycles. The molecule has 0 amide bonds. The summed E-state index contributed by atoms with van der Waals surface area (Å²) in [6, 6.07) is 15.7. The summed E-state index contributed by atoms with van der Waals surface area (Å²) in [5.74, 6) is 3.31. The van der Waals surface area contributed by atoms with Crippen LogP contribution in [0.25, 0.3) is 10.2 Å². The van der Waals surface area contributed by atoms with Gasteiger partial charge in [0.2, 0.25) is 11.9 Å². The topological polar surface area (TPSA) is 98.8 Å². The molecular weight excluding hydrogens is 392 g/mol. The summed E-state index contributed by atoms with van der Waals surface area (Å²) in [6.45, 7) is 0. The molecule has 0 saturated carbocycles. The Morgan fingerprint density at radius 3 is 2.68 bits per heavy atom. The van der Waals surface area contributed by atoms with Crippen LogP contribution in [-0.4, -0.2) is 27.0 Å². The molecule has 0 unspecified atom stereocenters. The number of aromatic nitrogens is 4.